The molecule has 0 unspecified atom stereocenters. The summed E-state index contributed by atoms with van der Waals surface area (Å²) in [7, 11) is 0. The van der Waals surface area contributed by atoms with E-state index in [4.69, 9.17) is 11.6 Å². The SMILES string of the molecule is Cc1cc(C)c(NC(=O)CSc2nnc(C)n2-c2ccccc2C)c(Cl)c1. The van der Waals surface area contributed by atoms with E-state index in [2.05, 4.69) is 15.5 Å². The van der Waals surface area contributed by atoms with Crippen LogP contribution in [0.2, 0.25) is 5.02 Å². The highest BCUT2D eigenvalue weighted by Gasteiger charge is 2.16. The van der Waals surface area contributed by atoms with Gasteiger partial charge < -0.3 is 5.32 Å². The maximum atomic E-state index is 12.4. The zero-order valence-electron chi connectivity index (χ0n) is 15.7. The molecule has 0 aliphatic heterocycles. The first-order chi connectivity index (χ1) is 12.9. The largest absolute Gasteiger partial charge is 0.324 e. The van der Waals surface area contributed by atoms with E-state index >= 15 is 0 Å². The van der Waals surface area contributed by atoms with E-state index in [1.54, 1.807) is 0 Å². The van der Waals surface area contributed by atoms with Crippen LogP contribution in [0.25, 0.3) is 5.69 Å². The van der Waals surface area contributed by atoms with Gasteiger partial charge in [-0.3, -0.25) is 9.36 Å². The van der Waals surface area contributed by atoms with E-state index in [-0.39, 0.29) is 11.7 Å². The Morgan fingerprint density at radius 1 is 1.11 bits per heavy atom. The third-order valence-electron chi connectivity index (χ3n) is 4.18. The van der Waals surface area contributed by atoms with Gasteiger partial charge in [0.05, 0.1) is 22.2 Å². The molecule has 0 spiro atoms. The number of carbonyl (C=O) groups is 1. The van der Waals surface area contributed by atoms with E-state index in [0.717, 1.165) is 28.2 Å². The van der Waals surface area contributed by atoms with Crippen LogP contribution in [0.4, 0.5) is 5.69 Å². The topological polar surface area (TPSA) is 59.8 Å². The van der Waals surface area contributed by atoms with Gasteiger partial charge in [0.25, 0.3) is 0 Å². The molecule has 2 aromatic carbocycles. The standard InChI is InChI=1S/C20H21ClN4OS/c1-12-9-14(3)19(16(21)10-12)22-18(26)11-27-20-24-23-15(4)25(20)17-8-6-5-7-13(17)2/h5-10H,11H2,1-4H3,(H,22,26). The molecule has 27 heavy (non-hydrogen) atoms. The van der Waals surface area contributed by atoms with Crippen molar-refractivity contribution < 1.29 is 4.79 Å². The summed E-state index contributed by atoms with van der Waals surface area (Å²) in [6.07, 6.45) is 0. The molecule has 0 atom stereocenters. The van der Waals surface area contributed by atoms with E-state index in [1.165, 1.54) is 11.8 Å². The number of thioether (sulfide) groups is 1. The number of nitrogens with one attached hydrogen (secondary N) is 1. The Morgan fingerprint density at radius 3 is 2.56 bits per heavy atom. The van der Waals surface area contributed by atoms with Crippen LogP contribution in [0.1, 0.15) is 22.5 Å². The molecule has 0 aliphatic rings. The number of halogens is 1. The molecular formula is C20H21ClN4OS. The average molecular weight is 401 g/mol. The number of rotatable bonds is 5. The van der Waals surface area contributed by atoms with E-state index in [1.807, 2.05) is 68.7 Å². The molecule has 1 amide bonds. The van der Waals surface area contributed by atoms with E-state index in [0.29, 0.717) is 15.9 Å². The number of aromatic nitrogens is 3. The smallest absolute Gasteiger partial charge is 0.234 e. The van der Waals surface area contributed by atoms with Gasteiger partial charge in [0, 0.05) is 0 Å². The van der Waals surface area contributed by atoms with Crippen LogP contribution in [-0.2, 0) is 4.79 Å². The second kappa shape index (κ2) is 8.15. The van der Waals surface area contributed by atoms with Crippen molar-refractivity contribution in [2.75, 3.05) is 11.1 Å². The summed E-state index contributed by atoms with van der Waals surface area (Å²) in [6.45, 7) is 7.85. The summed E-state index contributed by atoms with van der Waals surface area (Å²) >= 11 is 7.62. The quantitative estimate of drug-likeness (QED) is 0.619. The number of amides is 1. The summed E-state index contributed by atoms with van der Waals surface area (Å²) in [5, 5.41) is 12.5. The Hall–Kier alpha value is -2.31. The second-order valence-corrected chi connectivity index (χ2v) is 7.78. The normalized spacial score (nSPS) is 10.9. The molecule has 0 saturated heterocycles. The predicted molar refractivity (Wildman–Crippen MR) is 111 cm³/mol. The van der Waals surface area contributed by atoms with Gasteiger partial charge >= 0.3 is 0 Å². The Labute approximate surface area is 168 Å². The average Bonchev–Trinajstić information content (AvgIpc) is 2.97. The van der Waals surface area contributed by atoms with Crippen molar-refractivity contribution >= 4 is 35.0 Å². The Kier molecular flexibility index (Phi) is 5.87. The minimum absolute atomic E-state index is 0.133. The number of carbonyl (C=O) groups excluding carboxylic acids is 1. The fourth-order valence-corrected chi connectivity index (χ4v) is 4.07. The number of hydrogen-bond acceptors (Lipinski definition) is 4. The Bertz CT molecular complexity index is 976. The lowest BCUT2D eigenvalue weighted by Gasteiger charge is -2.12. The summed E-state index contributed by atoms with van der Waals surface area (Å²) in [5.74, 6) is 0.865. The third kappa shape index (κ3) is 4.34. The first-order valence-corrected chi connectivity index (χ1v) is 9.90. The van der Waals surface area contributed by atoms with Gasteiger partial charge in [-0.1, -0.05) is 47.6 Å². The maximum Gasteiger partial charge on any atom is 0.234 e. The van der Waals surface area contributed by atoms with Crippen molar-refractivity contribution in [3.05, 3.63) is 63.9 Å². The molecule has 0 aliphatic carbocycles. The summed E-state index contributed by atoms with van der Waals surface area (Å²) in [6, 6.07) is 11.9. The molecule has 1 heterocycles. The van der Waals surface area contributed by atoms with Crippen molar-refractivity contribution in [2.24, 2.45) is 0 Å². The zero-order chi connectivity index (χ0) is 19.6. The van der Waals surface area contributed by atoms with Crippen molar-refractivity contribution in [3.8, 4) is 5.69 Å². The van der Waals surface area contributed by atoms with Gasteiger partial charge in [0.15, 0.2) is 5.16 Å². The van der Waals surface area contributed by atoms with Gasteiger partial charge in [0.1, 0.15) is 5.82 Å². The van der Waals surface area contributed by atoms with E-state index in [9.17, 15) is 4.79 Å². The molecule has 7 heteroatoms. The molecule has 140 valence electrons. The highest BCUT2D eigenvalue weighted by molar-refractivity contribution is 7.99. The van der Waals surface area contributed by atoms with Crippen LogP contribution < -0.4 is 5.32 Å². The fourth-order valence-electron chi connectivity index (χ4n) is 2.91. The number of benzene rings is 2. The number of nitrogens with zero attached hydrogens (tertiary/aromatic N) is 3. The minimum Gasteiger partial charge on any atom is -0.324 e. The molecule has 1 N–H and O–H groups in total. The highest BCUT2D eigenvalue weighted by atomic mass is 35.5. The summed E-state index contributed by atoms with van der Waals surface area (Å²) < 4.78 is 1.97. The number of para-hydroxylation sites is 1. The molecule has 0 radical (unpaired) electrons. The van der Waals surface area contributed by atoms with Gasteiger partial charge in [-0.2, -0.15) is 0 Å². The van der Waals surface area contributed by atoms with Crippen molar-refractivity contribution in [1.29, 1.82) is 0 Å². The first kappa shape index (κ1) is 19.5. The molecule has 0 saturated carbocycles. The molecule has 0 fully saturated rings. The zero-order valence-corrected chi connectivity index (χ0v) is 17.3. The van der Waals surface area contributed by atoms with Crippen molar-refractivity contribution in [1.82, 2.24) is 14.8 Å². The van der Waals surface area contributed by atoms with Crippen LogP contribution in [0.3, 0.4) is 0 Å². The highest BCUT2D eigenvalue weighted by Crippen LogP contribution is 2.28. The number of hydrogen-bond donors (Lipinski definition) is 1. The molecule has 5 nitrogen and oxygen atoms in total. The first-order valence-electron chi connectivity index (χ1n) is 8.54. The lowest BCUT2D eigenvalue weighted by molar-refractivity contribution is -0.113. The Balaban J connectivity index is 1.75. The van der Waals surface area contributed by atoms with Crippen LogP contribution in [0, 0.1) is 27.7 Å². The number of aryl methyl sites for hydroxylation is 4. The molecule has 3 aromatic rings. The van der Waals surface area contributed by atoms with Gasteiger partial charge in [-0.05, 0) is 56.5 Å². The summed E-state index contributed by atoms with van der Waals surface area (Å²) in [5.41, 5.74) is 4.79. The second-order valence-electron chi connectivity index (χ2n) is 6.43. The Morgan fingerprint density at radius 2 is 1.85 bits per heavy atom. The predicted octanol–water partition coefficient (Wildman–Crippen LogP) is 4.89. The van der Waals surface area contributed by atoms with Crippen LogP contribution in [0.15, 0.2) is 41.6 Å². The molecular weight excluding hydrogens is 380 g/mol. The van der Waals surface area contributed by atoms with Gasteiger partial charge in [0.2, 0.25) is 5.91 Å². The maximum absolute atomic E-state index is 12.4. The van der Waals surface area contributed by atoms with Crippen LogP contribution in [0.5, 0.6) is 0 Å². The van der Waals surface area contributed by atoms with Crippen LogP contribution in [-0.4, -0.2) is 26.4 Å². The summed E-state index contributed by atoms with van der Waals surface area (Å²) in [4.78, 5) is 12.4. The molecule has 1 aromatic heterocycles. The third-order valence-corrected chi connectivity index (χ3v) is 5.41. The van der Waals surface area contributed by atoms with E-state index < -0.39 is 0 Å². The van der Waals surface area contributed by atoms with Crippen LogP contribution >= 0.6 is 23.4 Å². The molecule has 3 rings (SSSR count). The molecule has 0 bridgehead atoms. The lowest BCUT2D eigenvalue weighted by atomic mass is 10.1. The van der Waals surface area contributed by atoms with Gasteiger partial charge in [-0.25, -0.2) is 0 Å². The lowest BCUT2D eigenvalue weighted by Crippen LogP contribution is -2.16. The monoisotopic (exact) mass is 400 g/mol. The number of anilines is 1. The fraction of sp³-hybridized carbons (Fsp3) is 0.250. The minimum atomic E-state index is -0.133. The van der Waals surface area contributed by atoms with Crippen molar-refractivity contribution in [3.63, 3.8) is 0 Å². The van der Waals surface area contributed by atoms with Crippen molar-refractivity contribution in [2.45, 2.75) is 32.9 Å². The van der Waals surface area contributed by atoms with Gasteiger partial charge in [-0.15, -0.1) is 10.2 Å².